The van der Waals surface area contributed by atoms with Gasteiger partial charge in [-0.05, 0) is 110 Å². The largest absolute Gasteiger partial charge is 0.394 e. The van der Waals surface area contributed by atoms with Gasteiger partial charge in [-0.25, -0.2) is 0 Å². The van der Waals surface area contributed by atoms with Crippen molar-refractivity contribution in [1.82, 2.24) is 0 Å². The summed E-state index contributed by atoms with van der Waals surface area (Å²) < 4.78 is 5.95. The number of aliphatic hydroxyl groups excluding tert-OH is 1. The zero-order chi connectivity index (χ0) is 23.8. The molecule has 2 nitrogen and oxygen atoms in total. The maximum absolute atomic E-state index is 9.16. The van der Waals surface area contributed by atoms with E-state index in [1.54, 1.807) is 5.57 Å². The van der Waals surface area contributed by atoms with Crippen LogP contribution in [0.1, 0.15) is 99.3 Å². The van der Waals surface area contributed by atoms with Gasteiger partial charge in [-0.3, -0.25) is 0 Å². The van der Waals surface area contributed by atoms with E-state index in [9.17, 15) is 0 Å². The highest BCUT2D eigenvalue weighted by Gasteiger charge is 2.59. The molecule has 0 radical (unpaired) electrons. The number of rotatable bonds is 8. The SMILES string of the molecule is CC[C@H](/C=C/[C@@H](C)[C@H]1CC[C@H]2[C@@H]3CC=C4CC(OCCO)CC[C@]4(C)[C@H]3CC[C@]12C)C(C)C. The third-order valence-corrected chi connectivity index (χ3v) is 11.2. The molecule has 4 rings (SSSR count). The lowest BCUT2D eigenvalue weighted by molar-refractivity contribution is -0.0633. The van der Waals surface area contributed by atoms with E-state index in [1.165, 1.54) is 44.9 Å². The number of allylic oxidation sites excluding steroid dienone is 3. The second-order valence-corrected chi connectivity index (χ2v) is 13.0. The summed E-state index contributed by atoms with van der Waals surface area (Å²) in [4.78, 5) is 0. The number of aliphatic hydroxyl groups is 1. The Labute approximate surface area is 204 Å². The van der Waals surface area contributed by atoms with E-state index in [2.05, 4.69) is 59.8 Å². The lowest BCUT2D eigenvalue weighted by atomic mass is 9.47. The molecule has 0 heterocycles. The lowest BCUT2D eigenvalue weighted by Crippen LogP contribution is -2.51. The van der Waals surface area contributed by atoms with Crippen molar-refractivity contribution in [2.75, 3.05) is 13.2 Å². The van der Waals surface area contributed by atoms with Crippen molar-refractivity contribution in [1.29, 1.82) is 0 Å². The van der Waals surface area contributed by atoms with Gasteiger partial charge in [-0.1, -0.05) is 65.3 Å². The molecule has 188 valence electrons. The molecule has 1 N–H and O–H groups in total. The molecule has 4 aliphatic carbocycles. The van der Waals surface area contributed by atoms with Gasteiger partial charge in [0.1, 0.15) is 0 Å². The molecule has 3 saturated carbocycles. The monoisotopic (exact) mass is 456 g/mol. The average molecular weight is 457 g/mol. The molecule has 0 bridgehead atoms. The van der Waals surface area contributed by atoms with Crippen molar-refractivity contribution < 1.29 is 9.84 Å². The fraction of sp³-hybridized carbons (Fsp3) is 0.871. The van der Waals surface area contributed by atoms with E-state index in [4.69, 9.17) is 9.84 Å². The first kappa shape index (κ1) is 25.5. The van der Waals surface area contributed by atoms with Crippen LogP contribution in [-0.2, 0) is 4.74 Å². The minimum atomic E-state index is 0.142. The van der Waals surface area contributed by atoms with Crippen LogP contribution in [0.2, 0.25) is 0 Å². The predicted octanol–water partition coefficient (Wildman–Crippen LogP) is 7.82. The fourth-order valence-corrected chi connectivity index (χ4v) is 9.18. The van der Waals surface area contributed by atoms with E-state index in [0.29, 0.717) is 29.5 Å². The zero-order valence-electron chi connectivity index (χ0n) is 22.5. The smallest absolute Gasteiger partial charge is 0.0701 e. The molecule has 4 aliphatic rings. The maximum atomic E-state index is 9.16. The highest BCUT2D eigenvalue weighted by Crippen LogP contribution is 2.67. The van der Waals surface area contributed by atoms with Gasteiger partial charge in [0.2, 0.25) is 0 Å². The summed E-state index contributed by atoms with van der Waals surface area (Å²) >= 11 is 0. The minimum Gasteiger partial charge on any atom is -0.394 e. The average Bonchev–Trinajstić information content (AvgIpc) is 3.15. The van der Waals surface area contributed by atoms with Crippen LogP contribution in [0.3, 0.4) is 0 Å². The summed E-state index contributed by atoms with van der Waals surface area (Å²) in [5.41, 5.74) is 2.60. The Hall–Kier alpha value is -0.600. The molecule has 9 atom stereocenters. The third-order valence-electron chi connectivity index (χ3n) is 11.2. The second-order valence-electron chi connectivity index (χ2n) is 13.0. The predicted molar refractivity (Wildman–Crippen MR) is 139 cm³/mol. The molecule has 0 aliphatic heterocycles. The van der Waals surface area contributed by atoms with Crippen LogP contribution >= 0.6 is 0 Å². The van der Waals surface area contributed by atoms with Crippen LogP contribution in [0.15, 0.2) is 23.8 Å². The van der Waals surface area contributed by atoms with Crippen LogP contribution in [-0.4, -0.2) is 24.4 Å². The summed E-state index contributed by atoms with van der Waals surface area (Å²) in [6.45, 7) is 15.5. The Kier molecular flexibility index (Phi) is 7.86. The van der Waals surface area contributed by atoms with Gasteiger partial charge in [0.25, 0.3) is 0 Å². The standard InChI is InChI=1S/C31H52O2/c1-7-23(21(2)3)9-8-22(4)27-12-13-28-26-11-10-24-20-25(33-19-18-32)14-16-30(24,5)29(26)15-17-31(27,28)6/h8-10,21-23,25-29,32H,7,11-20H2,1-6H3/b9-8+/t22-,23-,25?,26+,27-,28+,29+,30+,31-/m1/s1. The Morgan fingerprint density at radius 2 is 1.85 bits per heavy atom. The van der Waals surface area contributed by atoms with Gasteiger partial charge in [-0.15, -0.1) is 0 Å². The van der Waals surface area contributed by atoms with Crippen molar-refractivity contribution in [3.63, 3.8) is 0 Å². The Morgan fingerprint density at radius 3 is 2.55 bits per heavy atom. The molecular weight excluding hydrogens is 404 g/mol. The topological polar surface area (TPSA) is 29.5 Å². The maximum Gasteiger partial charge on any atom is 0.0701 e. The quantitative estimate of drug-likeness (QED) is 0.377. The van der Waals surface area contributed by atoms with Gasteiger partial charge in [-0.2, -0.15) is 0 Å². The normalized spacial score (nSPS) is 42.5. The van der Waals surface area contributed by atoms with Crippen molar-refractivity contribution >= 4 is 0 Å². The summed E-state index contributed by atoms with van der Waals surface area (Å²) in [6, 6.07) is 0. The molecule has 0 aromatic carbocycles. The highest BCUT2D eigenvalue weighted by atomic mass is 16.5. The van der Waals surface area contributed by atoms with Crippen LogP contribution in [0, 0.1) is 52.3 Å². The third kappa shape index (κ3) is 4.65. The first-order chi connectivity index (χ1) is 15.7. The van der Waals surface area contributed by atoms with Gasteiger partial charge < -0.3 is 9.84 Å². The van der Waals surface area contributed by atoms with Gasteiger partial charge in [0.05, 0.1) is 19.3 Å². The van der Waals surface area contributed by atoms with E-state index in [-0.39, 0.29) is 6.61 Å². The van der Waals surface area contributed by atoms with Gasteiger partial charge in [0.15, 0.2) is 0 Å². The molecule has 0 aromatic rings. The number of hydrogen-bond acceptors (Lipinski definition) is 2. The number of ether oxygens (including phenoxy) is 1. The van der Waals surface area contributed by atoms with E-state index in [1.807, 2.05) is 0 Å². The molecule has 0 aromatic heterocycles. The summed E-state index contributed by atoms with van der Waals surface area (Å²) in [5, 5.41) is 9.16. The highest BCUT2D eigenvalue weighted by molar-refractivity contribution is 5.25. The summed E-state index contributed by atoms with van der Waals surface area (Å²) in [7, 11) is 0. The van der Waals surface area contributed by atoms with Crippen LogP contribution in [0.5, 0.6) is 0 Å². The minimum absolute atomic E-state index is 0.142. The van der Waals surface area contributed by atoms with Crippen molar-refractivity contribution in [3.8, 4) is 0 Å². The summed E-state index contributed by atoms with van der Waals surface area (Å²) in [5.74, 6) is 5.68. The van der Waals surface area contributed by atoms with Gasteiger partial charge >= 0.3 is 0 Å². The van der Waals surface area contributed by atoms with E-state index in [0.717, 1.165) is 48.3 Å². The Bertz CT molecular complexity index is 722. The van der Waals surface area contributed by atoms with Crippen molar-refractivity contribution in [2.45, 2.75) is 105 Å². The number of hydrogen-bond donors (Lipinski definition) is 1. The van der Waals surface area contributed by atoms with Gasteiger partial charge in [0, 0.05) is 0 Å². The number of fused-ring (bicyclic) bond motifs is 5. The van der Waals surface area contributed by atoms with E-state index >= 15 is 0 Å². The Morgan fingerprint density at radius 1 is 1.06 bits per heavy atom. The Balaban J connectivity index is 1.48. The molecule has 1 unspecified atom stereocenters. The molecule has 0 amide bonds. The fourth-order valence-electron chi connectivity index (χ4n) is 9.18. The summed E-state index contributed by atoms with van der Waals surface area (Å²) in [6.07, 6.45) is 19.9. The van der Waals surface area contributed by atoms with Crippen molar-refractivity contribution in [3.05, 3.63) is 23.8 Å². The molecule has 0 spiro atoms. The molecule has 33 heavy (non-hydrogen) atoms. The second kappa shape index (κ2) is 10.2. The van der Waals surface area contributed by atoms with E-state index < -0.39 is 0 Å². The van der Waals surface area contributed by atoms with Crippen molar-refractivity contribution in [2.24, 2.45) is 52.3 Å². The molecular formula is C31H52O2. The molecule has 3 fully saturated rings. The lowest BCUT2D eigenvalue weighted by Gasteiger charge is -2.58. The zero-order valence-corrected chi connectivity index (χ0v) is 22.5. The van der Waals surface area contributed by atoms with Crippen LogP contribution in [0.25, 0.3) is 0 Å². The molecule has 2 heteroatoms. The first-order valence-electron chi connectivity index (χ1n) is 14.3. The first-order valence-corrected chi connectivity index (χ1v) is 14.3. The molecule has 0 saturated heterocycles. The van der Waals surface area contributed by atoms with Crippen LogP contribution < -0.4 is 0 Å². The van der Waals surface area contributed by atoms with Crippen LogP contribution in [0.4, 0.5) is 0 Å².